The molecule has 0 unspecified atom stereocenters. The van der Waals surface area contributed by atoms with Gasteiger partial charge in [0.25, 0.3) is 0 Å². The summed E-state index contributed by atoms with van der Waals surface area (Å²) in [5.74, 6) is 0.509. The van der Waals surface area contributed by atoms with Crippen LogP contribution in [0.15, 0.2) is 35.2 Å². The molecule has 1 aromatic carbocycles. The third-order valence-corrected chi connectivity index (χ3v) is 8.47. The number of aryl methyl sites for hydroxylation is 1. The Morgan fingerprint density at radius 3 is 2.89 bits per heavy atom. The van der Waals surface area contributed by atoms with Crippen LogP contribution >= 0.6 is 11.3 Å². The normalized spacial score (nSPS) is 32.2. The second-order valence-electron chi connectivity index (χ2n) is 7.68. The molecule has 3 saturated heterocycles. The summed E-state index contributed by atoms with van der Waals surface area (Å²) in [6.07, 6.45) is 2.18. The number of rotatable bonds is 5. The molecule has 0 aliphatic carbocycles. The Labute approximate surface area is 162 Å². The standard InChI is InChI=1S/C18H22N4O3S2/c1-12-20-21-17(26-12)22-10-15-14(16-7-8-18(15,11-22)25-16)9-19-27(23,24)13-5-3-2-4-6-13/h2-6,14-16,19H,7-11H2,1H3/t14-,15+,16+,18+/m0/s1. The molecule has 1 spiro atoms. The number of benzene rings is 1. The van der Waals surface area contributed by atoms with Crippen molar-refractivity contribution in [2.24, 2.45) is 11.8 Å². The van der Waals surface area contributed by atoms with Crippen LogP contribution in [0, 0.1) is 18.8 Å². The minimum Gasteiger partial charge on any atom is -0.369 e. The second kappa shape index (κ2) is 6.23. The maximum absolute atomic E-state index is 12.6. The first-order valence-electron chi connectivity index (χ1n) is 9.24. The Balaban J connectivity index is 1.33. The maximum atomic E-state index is 12.6. The van der Waals surface area contributed by atoms with Crippen LogP contribution < -0.4 is 9.62 Å². The third-order valence-electron chi connectivity index (χ3n) is 6.13. The number of nitrogens with one attached hydrogen (secondary N) is 1. The van der Waals surface area contributed by atoms with E-state index in [9.17, 15) is 8.42 Å². The van der Waals surface area contributed by atoms with Crippen molar-refractivity contribution in [3.05, 3.63) is 35.3 Å². The van der Waals surface area contributed by atoms with Gasteiger partial charge < -0.3 is 9.64 Å². The lowest BCUT2D eigenvalue weighted by Crippen LogP contribution is -2.41. The third kappa shape index (κ3) is 2.88. The average molecular weight is 407 g/mol. The molecule has 27 heavy (non-hydrogen) atoms. The number of hydrogen-bond acceptors (Lipinski definition) is 7. The number of nitrogens with zero attached hydrogens (tertiary/aromatic N) is 3. The largest absolute Gasteiger partial charge is 0.369 e. The zero-order valence-electron chi connectivity index (χ0n) is 15.0. The maximum Gasteiger partial charge on any atom is 0.240 e. The summed E-state index contributed by atoms with van der Waals surface area (Å²) in [5, 5.41) is 10.3. The Morgan fingerprint density at radius 1 is 1.33 bits per heavy atom. The van der Waals surface area contributed by atoms with E-state index in [0.717, 1.165) is 36.1 Å². The van der Waals surface area contributed by atoms with Crippen molar-refractivity contribution in [1.29, 1.82) is 0 Å². The summed E-state index contributed by atoms with van der Waals surface area (Å²) in [6.45, 7) is 4.05. The second-order valence-corrected chi connectivity index (χ2v) is 10.6. The van der Waals surface area contributed by atoms with Crippen molar-refractivity contribution >= 4 is 26.5 Å². The minimum absolute atomic E-state index is 0.145. The summed E-state index contributed by atoms with van der Waals surface area (Å²) in [4.78, 5) is 2.57. The first-order valence-corrected chi connectivity index (χ1v) is 11.5. The fraction of sp³-hybridized carbons (Fsp3) is 0.556. The average Bonchev–Trinajstić information content (AvgIpc) is 3.40. The van der Waals surface area contributed by atoms with Crippen molar-refractivity contribution in [2.75, 3.05) is 24.5 Å². The van der Waals surface area contributed by atoms with Gasteiger partial charge in [-0.25, -0.2) is 13.1 Å². The molecule has 4 heterocycles. The SMILES string of the molecule is Cc1nnc(N2C[C@@H]3[C@H](CNS(=O)(=O)c4ccccc4)[C@H]4CC[C@]3(C2)O4)s1. The Kier molecular flexibility index (Phi) is 4.05. The molecule has 1 aromatic heterocycles. The van der Waals surface area contributed by atoms with Gasteiger partial charge in [0.2, 0.25) is 15.2 Å². The highest BCUT2D eigenvalue weighted by molar-refractivity contribution is 7.89. The van der Waals surface area contributed by atoms with Crippen molar-refractivity contribution < 1.29 is 13.2 Å². The smallest absolute Gasteiger partial charge is 0.240 e. The molecular weight excluding hydrogens is 384 g/mol. The van der Waals surface area contributed by atoms with E-state index in [0.29, 0.717) is 17.4 Å². The highest BCUT2D eigenvalue weighted by Gasteiger charge is 2.63. The van der Waals surface area contributed by atoms with Crippen LogP contribution in [0.25, 0.3) is 0 Å². The van der Waals surface area contributed by atoms with Gasteiger partial charge >= 0.3 is 0 Å². The van der Waals surface area contributed by atoms with Gasteiger partial charge in [-0.15, -0.1) is 10.2 Å². The molecule has 3 fully saturated rings. The first-order chi connectivity index (χ1) is 13.0. The molecule has 9 heteroatoms. The molecule has 0 amide bonds. The van der Waals surface area contributed by atoms with Crippen LogP contribution in [0.1, 0.15) is 17.8 Å². The summed E-state index contributed by atoms with van der Waals surface area (Å²) in [5.41, 5.74) is -0.160. The lowest BCUT2D eigenvalue weighted by molar-refractivity contribution is 0.0142. The van der Waals surface area contributed by atoms with E-state index < -0.39 is 10.0 Å². The molecule has 5 rings (SSSR count). The number of hydrogen-bond donors (Lipinski definition) is 1. The zero-order valence-corrected chi connectivity index (χ0v) is 16.7. The van der Waals surface area contributed by atoms with Gasteiger partial charge in [0, 0.05) is 31.5 Å². The van der Waals surface area contributed by atoms with Gasteiger partial charge in [0.15, 0.2) is 0 Å². The van der Waals surface area contributed by atoms with Crippen LogP contribution in [0.5, 0.6) is 0 Å². The summed E-state index contributed by atoms with van der Waals surface area (Å²) >= 11 is 1.60. The molecule has 1 N–H and O–H groups in total. The van der Waals surface area contributed by atoms with E-state index in [1.165, 1.54) is 0 Å². The van der Waals surface area contributed by atoms with E-state index in [2.05, 4.69) is 19.8 Å². The van der Waals surface area contributed by atoms with Gasteiger partial charge in [0.05, 0.1) is 16.6 Å². The summed E-state index contributed by atoms with van der Waals surface area (Å²) < 4.78 is 34.4. The van der Waals surface area contributed by atoms with E-state index in [1.54, 1.807) is 35.6 Å². The van der Waals surface area contributed by atoms with Crippen LogP contribution in [0.3, 0.4) is 0 Å². The van der Waals surface area contributed by atoms with Crippen molar-refractivity contribution in [3.63, 3.8) is 0 Å². The van der Waals surface area contributed by atoms with Crippen LogP contribution in [-0.2, 0) is 14.8 Å². The molecule has 7 nitrogen and oxygen atoms in total. The lowest BCUT2D eigenvalue weighted by Gasteiger charge is -2.29. The molecule has 2 aromatic rings. The number of ether oxygens (including phenoxy) is 1. The number of anilines is 1. The predicted octanol–water partition coefficient (Wildman–Crippen LogP) is 1.81. The highest BCUT2D eigenvalue weighted by Crippen LogP contribution is 2.55. The topological polar surface area (TPSA) is 84.4 Å². The molecule has 3 aliphatic heterocycles. The molecule has 3 aliphatic rings. The number of fused-ring (bicyclic) bond motifs is 1. The van der Waals surface area contributed by atoms with Crippen molar-refractivity contribution in [3.8, 4) is 0 Å². The molecule has 4 atom stereocenters. The van der Waals surface area contributed by atoms with Gasteiger partial charge in [-0.3, -0.25) is 0 Å². The van der Waals surface area contributed by atoms with Crippen LogP contribution in [0.4, 0.5) is 5.13 Å². The van der Waals surface area contributed by atoms with Gasteiger partial charge in [-0.05, 0) is 31.9 Å². The van der Waals surface area contributed by atoms with Crippen LogP contribution in [0.2, 0.25) is 0 Å². The molecule has 0 saturated carbocycles. The first kappa shape index (κ1) is 17.5. The Morgan fingerprint density at radius 2 is 2.15 bits per heavy atom. The van der Waals surface area contributed by atoms with Crippen molar-refractivity contribution in [1.82, 2.24) is 14.9 Å². The number of aromatic nitrogens is 2. The minimum atomic E-state index is -3.50. The summed E-state index contributed by atoms with van der Waals surface area (Å²) in [6, 6.07) is 8.54. The number of sulfonamides is 1. The molecule has 2 bridgehead atoms. The zero-order chi connectivity index (χ0) is 18.6. The summed E-state index contributed by atoms with van der Waals surface area (Å²) in [7, 11) is -3.50. The fourth-order valence-electron chi connectivity index (χ4n) is 4.91. The Bertz CT molecular complexity index is 949. The molecular formula is C18H22N4O3S2. The van der Waals surface area contributed by atoms with Gasteiger partial charge in [0.1, 0.15) is 5.01 Å². The highest BCUT2D eigenvalue weighted by atomic mass is 32.2. The molecule has 144 valence electrons. The fourth-order valence-corrected chi connectivity index (χ4v) is 6.70. The quantitative estimate of drug-likeness (QED) is 0.815. The lowest BCUT2D eigenvalue weighted by atomic mass is 9.74. The van der Waals surface area contributed by atoms with Crippen LogP contribution in [-0.4, -0.2) is 50.0 Å². The monoisotopic (exact) mass is 406 g/mol. The predicted molar refractivity (Wildman–Crippen MR) is 102 cm³/mol. The van der Waals surface area contributed by atoms with E-state index >= 15 is 0 Å². The van der Waals surface area contributed by atoms with Gasteiger partial charge in [-0.2, -0.15) is 0 Å². The Hall–Kier alpha value is -1.55. The molecule has 0 radical (unpaired) electrons. The van der Waals surface area contributed by atoms with Gasteiger partial charge in [-0.1, -0.05) is 29.5 Å². The van der Waals surface area contributed by atoms with E-state index in [1.807, 2.05) is 13.0 Å². The van der Waals surface area contributed by atoms with E-state index in [4.69, 9.17) is 4.74 Å². The van der Waals surface area contributed by atoms with E-state index in [-0.39, 0.29) is 17.6 Å². The van der Waals surface area contributed by atoms with Crippen molar-refractivity contribution in [2.45, 2.75) is 36.4 Å².